The summed E-state index contributed by atoms with van der Waals surface area (Å²) in [4.78, 5) is 33.2. The number of likely N-dealkylation sites (tertiary alicyclic amines) is 1. The van der Waals surface area contributed by atoms with E-state index in [1.54, 1.807) is 13.1 Å². The first-order valence-electron chi connectivity index (χ1n) is 12.5. The predicted octanol–water partition coefficient (Wildman–Crippen LogP) is 4.37. The maximum Gasteiger partial charge on any atom is 0.321 e. The monoisotopic (exact) mass is 501 g/mol. The molecule has 4 atom stereocenters. The van der Waals surface area contributed by atoms with E-state index >= 15 is 0 Å². The normalized spacial score (nSPS) is 25.1. The second kappa shape index (κ2) is 11.9. The Bertz CT molecular complexity index is 971. The lowest BCUT2D eigenvalue weighted by atomic mass is 9.80. The molecule has 1 saturated heterocycles. The van der Waals surface area contributed by atoms with E-state index in [4.69, 9.17) is 0 Å². The van der Waals surface area contributed by atoms with Gasteiger partial charge < -0.3 is 15.1 Å². The standard InChI is InChI=1S/C26H36FN5O2S/c1-18(33)31(2)23-9-10-24(29-25(34)30-26-28-11-13-35-26)21(15-23)17-32-12-3-4-20(16-32)14-19-5-7-22(27)8-6-19/h5-8,11,13,20-21,23-24H,3-4,9-10,12,14-17H2,1-2H3,(H2,28,29,30,34)/t20-,21-,23+,24+/m0/s1. The van der Waals surface area contributed by atoms with Gasteiger partial charge >= 0.3 is 6.03 Å². The average Bonchev–Trinajstić information content (AvgIpc) is 3.34. The van der Waals surface area contributed by atoms with Crippen LogP contribution in [-0.2, 0) is 11.2 Å². The highest BCUT2D eigenvalue weighted by Crippen LogP contribution is 2.31. The second-order valence-electron chi connectivity index (χ2n) is 10.00. The zero-order valence-electron chi connectivity index (χ0n) is 20.6. The van der Waals surface area contributed by atoms with Gasteiger partial charge in [-0.2, -0.15) is 0 Å². The van der Waals surface area contributed by atoms with Crippen LogP contribution in [0.25, 0.3) is 0 Å². The molecule has 0 bridgehead atoms. The summed E-state index contributed by atoms with van der Waals surface area (Å²) in [5.74, 6) is 0.674. The fraction of sp³-hybridized carbons (Fsp3) is 0.577. The smallest absolute Gasteiger partial charge is 0.321 e. The summed E-state index contributed by atoms with van der Waals surface area (Å²) in [6.07, 6.45) is 7.52. The second-order valence-corrected chi connectivity index (χ2v) is 10.9. The van der Waals surface area contributed by atoms with Crippen molar-refractivity contribution >= 4 is 28.4 Å². The summed E-state index contributed by atoms with van der Waals surface area (Å²) >= 11 is 1.40. The number of aromatic nitrogens is 1. The van der Waals surface area contributed by atoms with Crippen LogP contribution >= 0.6 is 11.3 Å². The van der Waals surface area contributed by atoms with Gasteiger partial charge in [0.25, 0.3) is 0 Å². The summed E-state index contributed by atoms with van der Waals surface area (Å²) in [5.41, 5.74) is 1.18. The number of carbonyl (C=O) groups is 2. The Morgan fingerprint density at radius 2 is 2.03 bits per heavy atom. The number of carbonyl (C=O) groups excluding carboxylic acids is 2. The van der Waals surface area contributed by atoms with Crippen LogP contribution in [-0.4, -0.2) is 65.5 Å². The summed E-state index contributed by atoms with van der Waals surface area (Å²) < 4.78 is 13.3. The molecule has 2 fully saturated rings. The number of piperidine rings is 1. The molecule has 4 rings (SSSR count). The molecule has 1 aliphatic heterocycles. The van der Waals surface area contributed by atoms with E-state index in [0.717, 1.165) is 51.7 Å². The van der Waals surface area contributed by atoms with Gasteiger partial charge in [0, 0.05) is 50.7 Å². The number of nitrogens with one attached hydrogen (secondary N) is 2. The molecular formula is C26H36FN5O2S. The van der Waals surface area contributed by atoms with E-state index in [1.807, 2.05) is 29.5 Å². The fourth-order valence-electron chi connectivity index (χ4n) is 5.60. The number of hydrogen-bond donors (Lipinski definition) is 2. The molecule has 1 aliphatic carbocycles. The fourth-order valence-corrected chi connectivity index (χ4v) is 6.12. The Balaban J connectivity index is 1.39. The first-order valence-corrected chi connectivity index (χ1v) is 13.4. The van der Waals surface area contributed by atoms with Crippen LogP contribution in [0, 0.1) is 17.7 Å². The third kappa shape index (κ3) is 7.24. The van der Waals surface area contributed by atoms with Gasteiger partial charge in [-0.25, -0.2) is 14.2 Å². The predicted molar refractivity (Wildman–Crippen MR) is 137 cm³/mol. The zero-order valence-corrected chi connectivity index (χ0v) is 21.4. The summed E-state index contributed by atoms with van der Waals surface area (Å²) in [6, 6.07) is 6.87. The molecule has 35 heavy (non-hydrogen) atoms. The first-order chi connectivity index (χ1) is 16.9. The molecule has 2 aliphatic rings. The number of anilines is 1. The van der Waals surface area contributed by atoms with Crippen molar-refractivity contribution in [2.24, 2.45) is 11.8 Å². The highest BCUT2D eigenvalue weighted by molar-refractivity contribution is 7.13. The molecule has 0 radical (unpaired) electrons. The van der Waals surface area contributed by atoms with Crippen molar-refractivity contribution in [3.05, 3.63) is 47.2 Å². The Labute approximate surface area is 211 Å². The molecule has 1 saturated carbocycles. The lowest BCUT2D eigenvalue weighted by Crippen LogP contribution is -2.53. The Morgan fingerprint density at radius 1 is 1.23 bits per heavy atom. The van der Waals surface area contributed by atoms with Gasteiger partial charge in [-0.3, -0.25) is 10.1 Å². The van der Waals surface area contributed by atoms with Crippen molar-refractivity contribution in [3.8, 4) is 0 Å². The van der Waals surface area contributed by atoms with Crippen LogP contribution in [0.1, 0.15) is 44.6 Å². The van der Waals surface area contributed by atoms with Crippen LogP contribution in [0.2, 0.25) is 0 Å². The number of urea groups is 1. The SMILES string of the molecule is CC(=O)N(C)[C@@H]1CC[C@@H](NC(=O)Nc2nccs2)[C@H](CN2CCC[C@@H](Cc3ccc(F)cc3)C2)C1. The molecule has 2 N–H and O–H groups in total. The molecule has 190 valence electrons. The van der Waals surface area contributed by atoms with E-state index in [1.165, 1.54) is 35.5 Å². The third-order valence-corrected chi connectivity index (χ3v) is 8.19. The van der Waals surface area contributed by atoms with Crippen molar-refractivity contribution in [2.45, 2.75) is 57.5 Å². The van der Waals surface area contributed by atoms with Gasteiger partial charge in [0.1, 0.15) is 5.82 Å². The van der Waals surface area contributed by atoms with Crippen molar-refractivity contribution in [3.63, 3.8) is 0 Å². The topological polar surface area (TPSA) is 77.6 Å². The van der Waals surface area contributed by atoms with Crippen LogP contribution < -0.4 is 10.6 Å². The van der Waals surface area contributed by atoms with Crippen molar-refractivity contribution < 1.29 is 14.0 Å². The molecular weight excluding hydrogens is 465 g/mol. The zero-order chi connectivity index (χ0) is 24.8. The number of halogens is 1. The van der Waals surface area contributed by atoms with E-state index in [2.05, 4.69) is 20.5 Å². The molecule has 1 aromatic carbocycles. The van der Waals surface area contributed by atoms with Gasteiger partial charge in [-0.1, -0.05) is 12.1 Å². The molecule has 1 aromatic heterocycles. The number of benzene rings is 1. The van der Waals surface area contributed by atoms with Crippen LogP contribution in [0.4, 0.5) is 14.3 Å². The Morgan fingerprint density at radius 3 is 2.74 bits per heavy atom. The van der Waals surface area contributed by atoms with Crippen LogP contribution in [0.3, 0.4) is 0 Å². The third-order valence-electron chi connectivity index (χ3n) is 7.50. The highest BCUT2D eigenvalue weighted by atomic mass is 32.1. The number of amides is 3. The molecule has 3 amide bonds. The maximum absolute atomic E-state index is 13.3. The molecule has 2 heterocycles. The van der Waals surface area contributed by atoms with Crippen molar-refractivity contribution in [1.29, 1.82) is 0 Å². The minimum atomic E-state index is -0.221. The largest absolute Gasteiger partial charge is 0.343 e. The average molecular weight is 502 g/mol. The lowest BCUT2D eigenvalue weighted by Gasteiger charge is -2.43. The molecule has 2 aromatic rings. The number of nitrogens with zero attached hydrogens (tertiary/aromatic N) is 3. The van der Waals surface area contributed by atoms with Gasteiger partial charge in [0.15, 0.2) is 5.13 Å². The first kappa shape index (κ1) is 25.6. The Hall–Kier alpha value is -2.52. The number of thiazole rings is 1. The number of rotatable bonds is 7. The van der Waals surface area contributed by atoms with Gasteiger partial charge in [0.05, 0.1) is 0 Å². The van der Waals surface area contributed by atoms with E-state index in [0.29, 0.717) is 11.0 Å². The van der Waals surface area contributed by atoms with Crippen LogP contribution in [0.5, 0.6) is 0 Å². The van der Waals surface area contributed by atoms with Gasteiger partial charge in [0.2, 0.25) is 5.91 Å². The van der Waals surface area contributed by atoms with Crippen molar-refractivity contribution in [1.82, 2.24) is 20.1 Å². The molecule has 0 unspecified atom stereocenters. The summed E-state index contributed by atoms with van der Waals surface area (Å²) in [7, 11) is 1.88. The van der Waals surface area contributed by atoms with Gasteiger partial charge in [-0.15, -0.1) is 11.3 Å². The lowest BCUT2D eigenvalue weighted by molar-refractivity contribution is -0.130. The van der Waals surface area contributed by atoms with E-state index in [9.17, 15) is 14.0 Å². The minimum Gasteiger partial charge on any atom is -0.343 e. The summed E-state index contributed by atoms with van der Waals surface area (Å²) in [5, 5.41) is 8.45. The minimum absolute atomic E-state index is 0.0454. The summed E-state index contributed by atoms with van der Waals surface area (Å²) in [6.45, 7) is 4.55. The highest BCUT2D eigenvalue weighted by Gasteiger charge is 2.36. The van der Waals surface area contributed by atoms with Crippen molar-refractivity contribution in [2.75, 3.05) is 32.0 Å². The quantitative estimate of drug-likeness (QED) is 0.591. The maximum atomic E-state index is 13.3. The molecule has 9 heteroatoms. The van der Waals surface area contributed by atoms with E-state index in [-0.39, 0.29) is 35.8 Å². The number of hydrogen-bond acceptors (Lipinski definition) is 5. The van der Waals surface area contributed by atoms with Crippen LogP contribution in [0.15, 0.2) is 35.8 Å². The van der Waals surface area contributed by atoms with E-state index < -0.39 is 0 Å². The molecule has 0 spiro atoms. The molecule has 7 nitrogen and oxygen atoms in total. The Kier molecular flexibility index (Phi) is 8.73. The van der Waals surface area contributed by atoms with Gasteiger partial charge in [-0.05, 0) is 74.6 Å².